The van der Waals surface area contributed by atoms with Gasteiger partial charge in [0.15, 0.2) is 0 Å². The van der Waals surface area contributed by atoms with Crippen LogP contribution in [0.1, 0.15) is 38.6 Å². The van der Waals surface area contributed by atoms with Crippen LogP contribution in [0.3, 0.4) is 0 Å². The van der Waals surface area contributed by atoms with Crippen molar-refractivity contribution in [2.45, 2.75) is 53.1 Å². The third kappa shape index (κ3) is 2.54. The summed E-state index contributed by atoms with van der Waals surface area (Å²) in [6, 6.07) is 2.81. The van der Waals surface area contributed by atoms with Crippen LogP contribution in [0.15, 0.2) is 6.07 Å². The van der Waals surface area contributed by atoms with Gasteiger partial charge in [-0.1, -0.05) is 13.8 Å². The molecule has 1 heterocycles. The van der Waals surface area contributed by atoms with E-state index in [1.165, 1.54) is 12.1 Å². The highest BCUT2D eigenvalue weighted by atomic mass is 15.3. The summed E-state index contributed by atoms with van der Waals surface area (Å²) in [5.74, 6) is 0.813. The fourth-order valence-electron chi connectivity index (χ4n) is 2.90. The van der Waals surface area contributed by atoms with Crippen molar-refractivity contribution in [3.8, 4) is 0 Å². The Morgan fingerprint density at radius 2 is 2.24 bits per heavy atom. The zero-order chi connectivity index (χ0) is 12.6. The fraction of sp³-hybridized carbons (Fsp3) is 0.786. The Bertz CT molecular complexity index is 392. The van der Waals surface area contributed by atoms with Gasteiger partial charge in [-0.2, -0.15) is 5.10 Å². The number of nitrogens with zero attached hydrogens (tertiary/aromatic N) is 2. The molecule has 2 unspecified atom stereocenters. The summed E-state index contributed by atoms with van der Waals surface area (Å²) < 4.78 is 2.13. The molecule has 0 aliphatic heterocycles. The molecule has 0 aromatic carbocycles. The van der Waals surface area contributed by atoms with E-state index in [-0.39, 0.29) is 0 Å². The standard InChI is InChI=1S/C14H25N3/c1-6-17-11(7-10(2)16-17)8-13(15-5)12-9-14(12,3)4/h7,12-13,15H,6,8-9H2,1-5H3. The summed E-state index contributed by atoms with van der Waals surface area (Å²) >= 11 is 0. The topological polar surface area (TPSA) is 29.9 Å². The lowest BCUT2D eigenvalue weighted by Crippen LogP contribution is -2.32. The monoisotopic (exact) mass is 235 g/mol. The van der Waals surface area contributed by atoms with E-state index in [1.807, 2.05) is 0 Å². The molecule has 0 saturated heterocycles. The quantitative estimate of drug-likeness (QED) is 0.849. The number of aromatic nitrogens is 2. The normalized spacial score (nSPS) is 23.7. The molecule has 0 spiro atoms. The van der Waals surface area contributed by atoms with Crippen molar-refractivity contribution in [1.29, 1.82) is 0 Å². The summed E-state index contributed by atoms with van der Waals surface area (Å²) in [6.45, 7) is 9.93. The van der Waals surface area contributed by atoms with E-state index < -0.39 is 0 Å². The lowest BCUT2D eigenvalue weighted by molar-refractivity contribution is 0.415. The highest BCUT2D eigenvalue weighted by molar-refractivity contribution is 5.13. The van der Waals surface area contributed by atoms with E-state index in [4.69, 9.17) is 0 Å². The molecule has 1 aromatic rings. The first-order chi connectivity index (χ1) is 7.97. The summed E-state index contributed by atoms with van der Waals surface area (Å²) in [7, 11) is 2.08. The van der Waals surface area contributed by atoms with Gasteiger partial charge in [0, 0.05) is 24.7 Å². The smallest absolute Gasteiger partial charge is 0.0596 e. The third-order valence-corrected chi connectivity index (χ3v) is 4.16. The molecule has 2 atom stereocenters. The molecule has 0 radical (unpaired) electrons. The minimum absolute atomic E-state index is 0.528. The van der Waals surface area contributed by atoms with E-state index in [9.17, 15) is 0 Å². The number of likely N-dealkylation sites (N-methyl/N-ethyl adjacent to an activating group) is 1. The predicted octanol–water partition coefficient (Wildman–Crippen LogP) is 2.39. The molecule has 1 N–H and O–H groups in total. The highest BCUT2D eigenvalue weighted by Gasteiger charge is 2.49. The third-order valence-electron chi connectivity index (χ3n) is 4.16. The van der Waals surface area contributed by atoms with E-state index in [0.29, 0.717) is 11.5 Å². The minimum Gasteiger partial charge on any atom is -0.316 e. The zero-order valence-corrected chi connectivity index (χ0v) is 11.7. The summed E-state index contributed by atoms with van der Waals surface area (Å²) in [4.78, 5) is 0. The molecule has 3 heteroatoms. The van der Waals surface area contributed by atoms with E-state index in [1.54, 1.807) is 0 Å². The molecule has 1 fully saturated rings. The zero-order valence-electron chi connectivity index (χ0n) is 11.7. The van der Waals surface area contributed by atoms with Crippen LogP contribution in [-0.4, -0.2) is 22.9 Å². The highest BCUT2D eigenvalue weighted by Crippen LogP contribution is 2.53. The Balaban J connectivity index is 2.08. The van der Waals surface area contributed by atoms with Crippen LogP contribution in [0, 0.1) is 18.3 Å². The second kappa shape index (κ2) is 4.45. The van der Waals surface area contributed by atoms with Crippen molar-refractivity contribution in [2.75, 3.05) is 7.05 Å². The van der Waals surface area contributed by atoms with Gasteiger partial charge in [-0.15, -0.1) is 0 Å². The Morgan fingerprint density at radius 1 is 1.59 bits per heavy atom. The number of rotatable bonds is 5. The Hall–Kier alpha value is -0.830. The fourth-order valence-corrected chi connectivity index (χ4v) is 2.90. The predicted molar refractivity (Wildman–Crippen MR) is 71.1 cm³/mol. The summed E-state index contributed by atoms with van der Waals surface area (Å²) in [5.41, 5.74) is 3.03. The van der Waals surface area contributed by atoms with Crippen LogP contribution < -0.4 is 5.32 Å². The first kappa shape index (κ1) is 12.6. The Morgan fingerprint density at radius 3 is 2.71 bits per heavy atom. The van der Waals surface area contributed by atoms with Gasteiger partial charge in [0.1, 0.15) is 0 Å². The SMILES string of the molecule is CCn1nc(C)cc1CC(NC)C1CC1(C)C. The van der Waals surface area contributed by atoms with E-state index >= 15 is 0 Å². The molecule has 96 valence electrons. The van der Waals surface area contributed by atoms with Crippen LogP contribution >= 0.6 is 0 Å². The van der Waals surface area contributed by atoms with Crippen molar-refractivity contribution in [3.63, 3.8) is 0 Å². The average Bonchev–Trinajstić information content (AvgIpc) is 2.74. The van der Waals surface area contributed by atoms with Crippen LogP contribution in [0.4, 0.5) is 0 Å². The van der Waals surface area contributed by atoms with Gasteiger partial charge in [0.25, 0.3) is 0 Å². The molecule has 1 aliphatic carbocycles. The van der Waals surface area contributed by atoms with Crippen molar-refractivity contribution in [3.05, 3.63) is 17.5 Å². The number of aryl methyl sites for hydroxylation is 2. The van der Waals surface area contributed by atoms with Gasteiger partial charge >= 0.3 is 0 Å². The Kier molecular flexibility index (Phi) is 3.30. The van der Waals surface area contributed by atoms with Crippen LogP contribution in [-0.2, 0) is 13.0 Å². The molecule has 1 aliphatic rings. The van der Waals surface area contributed by atoms with Gasteiger partial charge in [0.2, 0.25) is 0 Å². The second-order valence-corrected chi connectivity index (χ2v) is 5.99. The molecular weight excluding hydrogens is 210 g/mol. The second-order valence-electron chi connectivity index (χ2n) is 5.99. The average molecular weight is 235 g/mol. The molecule has 17 heavy (non-hydrogen) atoms. The molecule has 1 saturated carbocycles. The van der Waals surface area contributed by atoms with Gasteiger partial charge < -0.3 is 5.32 Å². The van der Waals surface area contributed by atoms with E-state index in [2.05, 4.69) is 55.9 Å². The van der Waals surface area contributed by atoms with Gasteiger partial charge in [-0.05, 0) is 44.7 Å². The van der Waals surface area contributed by atoms with Crippen molar-refractivity contribution >= 4 is 0 Å². The Labute approximate surface area is 105 Å². The van der Waals surface area contributed by atoms with Gasteiger partial charge in [-0.3, -0.25) is 4.68 Å². The molecular formula is C14H25N3. The van der Waals surface area contributed by atoms with Crippen LogP contribution in [0.5, 0.6) is 0 Å². The maximum Gasteiger partial charge on any atom is 0.0596 e. The molecule has 3 nitrogen and oxygen atoms in total. The minimum atomic E-state index is 0.528. The maximum absolute atomic E-state index is 4.52. The first-order valence-corrected chi connectivity index (χ1v) is 6.68. The molecule has 1 aromatic heterocycles. The maximum atomic E-state index is 4.52. The van der Waals surface area contributed by atoms with Crippen LogP contribution in [0.25, 0.3) is 0 Å². The largest absolute Gasteiger partial charge is 0.316 e. The van der Waals surface area contributed by atoms with E-state index in [0.717, 1.165) is 24.6 Å². The lowest BCUT2D eigenvalue weighted by atomic mass is 10.00. The summed E-state index contributed by atoms with van der Waals surface area (Å²) in [5, 5.41) is 8.01. The van der Waals surface area contributed by atoms with Crippen LogP contribution in [0.2, 0.25) is 0 Å². The number of hydrogen-bond donors (Lipinski definition) is 1. The van der Waals surface area contributed by atoms with Crippen molar-refractivity contribution in [1.82, 2.24) is 15.1 Å². The number of hydrogen-bond acceptors (Lipinski definition) is 2. The molecule has 2 rings (SSSR count). The molecule has 0 bridgehead atoms. The van der Waals surface area contributed by atoms with Gasteiger partial charge in [-0.25, -0.2) is 0 Å². The van der Waals surface area contributed by atoms with Crippen molar-refractivity contribution in [2.24, 2.45) is 11.3 Å². The lowest BCUT2D eigenvalue weighted by Gasteiger charge is -2.18. The first-order valence-electron chi connectivity index (χ1n) is 6.68. The summed E-state index contributed by atoms with van der Waals surface area (Å²) in [6.07, 6.45) is 2.44. The van der Waals surface area contributed by atoms with Crippen molar-refractivity contribution < 1.29 is 0 Å². The molecule has 0 amide bonds. The number of nitrogens with one attached hydrogen (secondary N) is 1. The van der Waals surface area contributed by atoms with Gasteiger partial charge in [0.05, 0.1) is 5.69 Å².